The quantitative estimate of drug-likeness (QED) is 0.327. The molecule has 42 heavy (non-hydrogen) atoms. The van der Waals surface area contributed by atoms with Crippen molar-refractivity contribution in [2.24, 2.45) is 5.92 Å². The first kappa shape index (κ1) is 29.9. The van der Waals surface area contributed by atoms with Gasteiger partial charge in [-0.2, -0.15) is 0 Å². The van der Waals surface area contributed by atoms with Crippen molar-refractivity contribution in [1.29, 1.82) is 0 Å². The number of phenols is 1. The highest BCUT2D eigenvalue weighted by molar-refractivity contribution is 5.79. The number of likely N-dealkylation sites (tertiary alicyclic amines) is 1. The molecular formula is C34H41FN2O5. The first-order valence-electron chi connectivity index (χ1n) is 15.0. The number of aromatic hydroxyl groups is 1. The lowest BCUT2D eigenvalue weighted by molar-refractivity contribution is -0.134. The standard InChI is InChI=1S/C34H41FN2O5/c1-25-5-10-33(31(21-25)30-9-8-28(35)23-32(30)38)42-24-34(39)37-13-11-26(12-14-37)6-7-27-3-2-4-29(22-27)41-20-17-36-15-18-40-19-16-36/h2-5,8-10,21-23,26,38H,6-7,11-20,24H2,1H3. The number of aryl methyl sites for hydroxylation is 2. The van der Waals surface area contributed by atoms with Crippen LogP contribution in [0.3, 0.4) is 0 Å². The maximum absolute atomic E-state index is 13.5. The Hall–Kier alpha value is -3.62. The molecule has 0 spiro atoms. The summed E-state index contributed by atoms with van der Waals surface area (Å²) in [7, 11) is 0. The number of hydrogen-bond donors (Lipinski definition) is 1. The Labute approximate surface area is 247 Å². The van der Waals surface area contributed by atoms with E-state index in [4.69, 9.17) is 14.2 Å². The highest BCUT2D eigenvalue weighted by Crippen LogP contribution is 2.37. The van der Waals surface area contributed by atoms with Crippen molar-refractivity contribution in [3.63, 3.8) is 0 Å². The van der Waals surface area contributed by atoms with Gasteiger partial charge in [-0.15, -0.1) is 0 Å². The molecule has 0 aliphatic carbocycles. The summed E-state index contributed by atoms with van der Waals surface area (Å²) in [5.74, 6) is 1.26. The molecule has 5 rings (SSSR count). The molecule has 2 aliphatic heterocycles. The van der Waals surface area contributed by atoms with Crippen LogP contribution in [-0.2, 0) is 16.0 Å². The molecule has 0 saturated carbocycles. The average Bonchev–Trinajstić information content (AvgIpc) is 3.00. The van der Waals surface area contributed by atoms with Crippen molar-refractivity contribution in [3.8, 4) is 28.4 Å². The first-order valence-corrected chi connectivity index (χ1v) is 15.0. The summed E-state index contributed by atoms with van der Waals surface area (Å²) in [5, 5.41) is 10.3. The minimum Gasteiger partial charge on any atom is -0.507 e. The lowest BCUT2D eigenvalue weighted by atomic mass is 9.90. The fourth-order valence-corrected chi connectivity index (χ4v) is 5.69. The summed E-state index contributed by atoms with van der Waals surface area (Å²) >= 11 is 0. The maximum Gasteiger partial charge on any atom is 0.260 e. The van der Waals surface area contributed by atoms with E-state index in [2.05, 4.69) is 23.1 Å². The zero-order chi connectivity index (χ0) is 29.3. The summed E-state index contributed by atoms with van der Waals surface area (Å²) in [4.78, 5) is 17.2. The molecule has 0 aromatic heterocycles. The van der Waals surface area contributed by atoms with E-state index in [1.165, 1.54) is 17.7 Å². The monoisotopic (exact) mass is 576 g/mol. The number of phenolic OH excluding ortho intramolecular Hbond substituents is 1. The van der Waals surface area contributed by atoms with E-state index >= 15 is 0 Å². The number of hydrogen-bond acceptors (Lipinski definition) is 6. The second-order valence-electron chi connectivity index (χ2n) is 11.3. The largest absolute Gasteiger partial charge is 0.507 e. The number of piperidine rings is 1. The van der Waals surface area contributed by atoms with E-state index in [0.29, 0.717) is 29.4 Å². The van der Waals surface area contributed by atoms with E-state index in [1.54, 1.807) is 6.07 Å². The lowest BCUT2D eigenvalue weighted by Crippen LogP contribution is -2.41. The minimum absolute atomic E-state index is 0.0507. The second kappa shape index (κ2) is 14.5. The van der Waals surface area contributed by atoms with Crippen molar-refractivity contribution in [1.82, 2.24) is 9.80 Å². The van der Waals surface area contributed by atoms with Crippen molar-refractivity contribution < 1.29 is 28.5 Å². The van der Waals surface area contributed by atoms with Gasteiger partial charge in [0.05, 0.1) is 13.2 Å². The van der Waals surface area contributed by atoms with Crippen LogP contribution >= 0.6 is 0 Å². The van der Waals surface area contributed by atoms with Crippen LogP contribution in [0, 0.1) is 18.7 Å². The molecule has 1 N–H and O–H groups in total. The molecule has 0 unspecified atom stereocenters. The van der Waals surface area contributed by atoms with Gasteiger partial charge in [0.25, 0.3) is 5.91 Å². The minimum atomic E-state index is -0.511. The Kier molecular flexibility index (Phi) is 10.3. The predicted molar refractivity (Wildman–Crippen MR) is 161 cm³/mol. The van der Waals surface area contributed by atoms with Gasteiger partial charge < -0.3 is 24.2 Å². The normalized spacial score (nSPS) is 16.4. The van der Waals surface area contributed by atoms with Gasteiger partial charge in [0.1, 0.15) is 29.7 Å². The Balaban J connectivity index is 1.06. The van der Waals surface area contributed by atoms with Gasteiger partial charge in [-0.25, -0.2) is 4.39 Å². The lowest BCUT2D eigenvalue weighted by Gasteiger charge is -2.32. The number of carbonyl (C=O) groups is 1. The van der Waals surface area contributed by atoms with Crippen molar-refractivity contribution in [2.75, 3.05) is 59.2 Å². The summed E-state index contributed by atoms with van der Waals surface area (Å²) in [6, 6.07) is 17.9. The number of morpholine rings is 1. The summed E-state index contributed by atoms with van der Waals surface area (Å²) in [5.41, 5.74) is 3.35. The van der Waals surface area contributed by atoms with Crippen molar-refractivity contribution in [3.05, 3.63) is 77.6 Å². The first-order chi connectivity index (χ1) is 20.4. The van der Waals surface area contributed by atoms with Crippen LogP contribution in [0.15, 0.2) is 60.7 Å². The molecule has 7 nitrogen and oxygen atoms in total. The molecule has 2 aliphatic rings. The second-order valence-corrected chi connectivity index (χ2v) is 11.3. The van der Waals surface area contributed by atoms with Crippen LogP contribution in [0.4, 0.5) is 4.39 Å². The van der Waals surface area contributed by atoms with Crippen molar-refractivity contribution >= 4 is 5.91 Å². The van der Waals surface area contributed by atoms with Gasteiger partial charge in [0, 0.05) is 49.9 Å². The molecule has 1 amide bonds. The molecule has 8 heteroatoms. The number of rotatable bonds is 11. The van der Waals surface area contributed by atoms with Gasteiger partial charge >= 0.3 is 0 Å². The number of carbonyl (C=O) groups excluding carboxylic acids is 1. The Bertz CT molecular complexity index is 1340. The van der Waals surface area contributed by atoms with E-state index in [9.17, 15) is 14.3 Å². The Morgan fingerprint density at radius 1 is 0.976 bits per heavy atom. The van der Waals surface area contributed by atoms with Gasteiger partial charge in [-0.1, -0.05) is 23.8 Å². The molecule has 2 fully saturated rings. The number of ether oxygens (including phenoxy) is 3. The van der Waals surface area contributed by atoms with Crippen molar-refractivity contribution in [2.45, 2.75) is 32.6 Å². The third-order valence-electron chi connectivity index (χ3n) is 8.22. The SMILES string of the molecule is Cc1ccc(OCC(=O)N2CCC(CCc3cccc(OCCN4CCOCC4)c3)CC2)c(-c2ccc(F)cc2O)c1. The number of halogens is 1. The highest BCUT2D eigenvalue weighted by atomic mass is 19.1. The maximum atomic E-state index is 13.5. The van der Waals surface area contributed by atoms with Crippen LogP contribution in [-0.4, -0.2) is 80.0 Å². The summed E-state index contributed by atoms with van der Waals surface area (Å²) in [6.45, 7) is 8.43. The molecule has 224 valence electrons. The molecule has 0 atom stereocenters. The van der Waals surface area contributed by atoms with E-state index in [0.717, 1.165) is 89.0 Å². The summed E-state index contributed by atoms with van der Waals surface area (Å²) in [6.07, 6.45) is 4.03. The molecule has 3 aromatic carbocycles. The molecule has 2 saturated heterocycles. The third kappa shape index (κ3) is 8.23. The predicted octanol–water partition coefficient (Wildman–Crippen LogP) is 5.47. The van der Waals surface area contributed by atoms with Crippen LogP contribution in [0.2, 0.25) is 0 Å². The number of amides is 1. The van der Waals surface area contributed by atoms with E-state index in [1.807, 2.05) is 30.0 Å². The van der Waals surface area contributed by atoms with Gasteiger partial charge in [0.2, 0.25) is 0 Å². The molecule has 0 radical (unpaired) electrons. The fourth-order valence-electron chi connectivity index (χ4n) is 5.69. The van der Waals surface area contributed by atoms with Gasteiger partial charge in [-0.05, 0) is 80.5 Å². The van der Waals surface area contributed by atoms with Crippen LogP contribution in [0.1, 0.15) is 30.4 Å². The highest BCUT2D eigenvalue weighted by Gasteiger charge is 2.23. The molecule has 2 heterocycles. The number of benzene rings is 3. The van der Waals surface area contributed by atoms with E-state index < -0.39 is 5.82 Å². The summed E-state index contributed by atoms with van der Waals surface area (Å²) < 4.78 is 30.9. The Morgan fingerprint density at radius 3 is 2.57 bits per heavy atom. The van der Waals surface area contributed by atoms with Gasteiger partial charge in [0.15, 0.2) is 6.61 Å². The van der Waals surface area contributed by atoms with Crippen LogP contribution in [0.25, 0.3) is 11.1 Å². The zero-order valence-electron chi connectivity index (χ0n) is 24.4. The van der Waals surface area contributed by atoms with E-state index in [-0.39, 0.29) is 18.3 Å². The van der Waals surface area contributed by atoms with Gasteiger partial charge in [-0.3, -0.25) is 9.69 Å². The molecular weight excluding hydrogens is 535 g/mol. The average molecular weight is 577 g/mol. The third-order valence-corrected chi connectivity index (χ3v) is 8.22. The van der Waals surface area contributed by atoms with Crippen LogP contribution < -0.4 is 9.47 Å². The Morgan fingerprint density at radius 2 is 1.79 bits per heavy atom. The topological polar surface area (TPSA) is 71.5 Å². The fraction of sp³-hybridized carbons (Fsp3) is 0.441. The molecule has 0 bridgehead atoms. The zero-order valence-corrected chi connectivity index (χ0v) is 24.4. The molecule has 3 aromatic rings. The smallest absolute Gasteiger partial charge is 0.260 e. The van der Waals surface area contributed by atoms with Crippen LogP contribution in [0.5, 0.6) is 17.2 Å². The number of nitrogens with zero attached hydrogens (tertiary/aromatic N) is 2.